The van der Waals surface area contributed by atoms with Crippen molar-refractivity contribution in [2.24, 2.45) is 94.7 Å². The summed E-state index contributed by atoms with van der Waals surface area (Å²) in [6.07, 6.45) is 16.0. The average molecular weight is 1360 g/mol. The number of benzene rings is 1. The van der Waals surface area contributed by atoms with Gasteiger partial charge in [0.25, 0.3) is 0 Å². The molecule has 1 aromatic rings. The number of hydrogen-bond acceptors (Lipinski definition) is 7. The van der Waals surface area contributed by atoms with Crippen LogP contribution in [0.3, 0.4) is 0 Å². The molecule has 0 fully saturated rings. The highest BCUT2D eigenvalue weighted by Gasteiger charge is 2.24. The molecular weight excluding hydrogens is 1180 g/mol. The van der Waals surface area contributed by atoms with E-state index >= 15 is 0 Å². The van der Waals surface area contributed by atoms with Crippen molar-refractivity contribution in [2.45, 2.75) is 358 Å². The summed E-state index contributed by atoms with van der Waals surface area (Å²) in [5, 5.41) is 6.80. The van der Waals surface area contributed by atoms with Crippen LogP contribution in [0.5, 0.6) is 0 Å². The summed E-state index contributed by atoms with van der Waals surface area (Å²) < 4.78 is 10.8. The molecule has 0 aromatic heterocycles. The van der Waals surface area contributed by atoms with Gasteiger partial charge in [-0.25, -0.2) is 9.59 Å². The summed E-state index contributed by atoms with van der Waals surface area (Å²) in [6, 6.07) is 10.8. The van der Waals surface area contributed by atoms with E-state index in [1.54, 1.807) is 4.90 Å². The van der Waals surface area contributed by atoms with E-state index in [9.17, 15) is 9.59 Å². The van der Waals surface area contributed by atoms with Gasteiger partial charge in [-0.05, 0) is 181 Å². The Hall–Kier alpha value is -2.36. The van der Waals surface area contributed by atoms with Crippen LogP contribution in [0.4, 0.5) is 9.59 Å². The van der Waals surface area contributed by atoms with Crippen molar-refractivity contribution in [2.75, 3.05) is 65.4 Å². The molecule has 0 radical (unpaired) electrons. The van der Waals surface area contributed by atoms with Crippen LogP contribution < -0.4 is 10.6 Å². The number of rotatable bonds is 37. The Balaban J connectivity index is -0.000000191. The van der Waals surface area contributed by atoms with Crippen molar-refractivity contribution < 1.29 is 19.1 Å². The second-order valence-electron chi connectivity index (χ2n) is 36.9. The van der Waals surface area contributed by atoms with E-state index in [2.05, 4.69) is 267 Å². The van der Waals surface area contributed by atoms with Crippen LogP contribution in [0.15, 0.2) is 30.3 Å². The standard InChI is InChI=1S/C15H25N.C14H29NO2.C13H27NO2.2C10H22.C9H21N.C8H19N.C8H18/c1-13(2)10-16(11-14(3)4)12-15-8-6-5-7-9-15;1-11(2)8-9-15(10-12(3)4)13(16)17-14(5,6)7;1-10(2)8-14(9-11(3)4)12(15)16-13(5,6)7;2*1-9(2)7-5-6-8-10(3)4;1-8(2)5-6-10-7-9(3)4;1-7(2)5-9-6-8(3)4;1-7(2)5-6-8(3)4/h5-9,13-14H,10-12H2,1-4H3;11-12H,8-10H2,1-7H3;10-11H,8-9H2,1-7H3;2*9-10H,5-8H2,1-4H3;8-10H,5-7H2,1-4H3;7-9H,5-6H2,1-4H3;7-8H,5-6H2,1-4H3. The first-order valence-electron chi connectivity index (χ1n) is 40.1. The van der Waals surface area contributed by atoms with Gasteiger partial charge >= 0.3 is 12.2 Å². The SMILES string of the molecule is CC(C)CCC(C)C.CC(C)CCCCC(C)C.CC(C)CCCCC(C)C.CC(C)CCN(CC(C)C)C(=O)OC(C)(C)C.CC(C)CCNCC(C)C.CC(C)CN(CC(C)C)C(=O)OC(C)(C)C.CC(C)CN(Cc1ccccc1)CC(C)C.CC(C)CNCC(C)C. The van der Waals surface area contributed by atoms with Gasteiger partial charge < -0.3 is 29.9 Å². The Labute approximate surface area is 607 Å². The van der Waals surface area contributed by atoms with E-state index in [1.807, 2.05) is 46.4 Å². The molecule has 0 bridgehead atoms. The zero-order chi connectivity index (χ0) is 76.3. The molecule has 9 nitrogen and oxygen atoms in total. The number of nitrogens with one attached hydrogen (secondary N) is 2. The molecule has 2 amide bonds. The first-order chi connectivity index (χ1) is 43.9. The lowest BCUT2D eigenvalue weighted by molar-refractivity contribution is 0.0201. The Morgan fingerprint density at radius 2 is 0.594 bits per heavy atom. The summed E-state index contributed by atoms with van der Waals surface area (Å²) >= 11 is 0. The fraction of sp³-hybridized carbons (Fsp3) is 0.908. The molecule has 0 heterocycles. The molecule has 1 aromatic carbocycles. The van der Waals surface area contributed by atoms with Gasteiger partial charge in [0.2, 0.25) is 0 Å². The Morgan fingerprint density at radius 3 is 0.854 bits per heavy atom. The second-order valence-corrected chi connectivity index (χ2v) is 36.9. The third kappa shape index (κ3) is 105. The third-order valence-electron chi connectivity index (χ3n) is 14.0. The minimum atomic E-state index is -0.413. The number of amides is 2. The smallest absolute Gasteiger partial charge is 0.410 e. The maximum absolute atomic E-state index is 12.0. The van der Waals surface area contributed by atoms with E-state index in [0.717, 1.165) is 130 Å². The van der Waals surface area contributed by atoms with E-state index in [-0.39, 0.29) is 12.2 Å². The molecule has 9 heteroatoms. The highest BCUT2D eigenvalue weighted by atomic mass is 16.6. The van der Waals surface area contributed by atoms with Gasteiger partial charge in [-0.15, -0.1) is 0 Å². The van der Waals surface area contributed by atoms with Gasteiger partial charge in [-0.2, -0.15) is 0 Å². The summed E-state index contributed by atoms with van der Waals surface area (Å²) in [4.78, 5) is 30.1. The van der Waals surface area contributed by atoms with Crippen molar-refractivity contribution in [3.05, 3.63) is 35.9 Å². The first kappa shape index (κ1) is 107. The average Bonchev–Trinajstić information content (AvgIpc) is 0.972. The van der Waals surface area contributed by atoms with Crippen LogP contribution >= 0.6 is 0 Å². The number of hydrogen-bond donors (Lipinski definition) is 2. The van der Waals surface area contributed by atoms with Crippen LogP contribution in [-0.4, -0.2) is 104 Å². The molecule has 580 valence electrons. The third-order valence-corrected chi connectivity index (χ3v) is 14.0. The van der Waals surface area contributed by atoms with Gasteiger partial charge in [0.15, 0.2) is 0 Å². The predicted octanol–water partition coefficient (Wildman–Crippen LogP) is 26.2. The van der Waals surface area contributed by atoms with Crippen LogP contribution in [0, 0.1) is 94.7 Å². The van der Waals surface area contributed by atoms with Crippen LogP contribution in [0.2, 0.25) is 0 Å². The first-order valence-corrected chi connectivity index (χ1v) is 40.1. The highest BCUT2D eigenvalue weighted by Crippen LogP contribution is 2.17. The van der Waals surface area contributed by atoms with Crippen molar-refractivity contribution in [1.82, 2.24) is 25.3 Å². The van der Waals surface area contributed by atoms with E-state index in [0.29, 0.717) is 23.7 Å². The quantitative estimate of drug-likeness (QED) is 0.0642. The Kier molecular flexibility index (Phi) is 74.9. The fourth-order valence-electron chi connectivity index (χ4n) is 9.27. The van der Waals surface area contributed by atoms with E-state index in [4.69, 9.17) is 9.47 Å². The number of ether oxygens (including phenoxy) is 2. The lowest BCUT2D eigenvalue weighted by atomic mass is 10.0. The lowest BCUT2D eigenvalue weighted by Crippen LogP contribution is -2.40. The van der Waals surface area contributed by atoms with Crippen LogP contribution in [0.1, 0.15) is 346 Å². The number of carbonyl (C=O) groups excluding carboxylic acids is 2. The van der Waals surface area contributed by atoms with Gasteiger partial charge in [0, 0.05) is 45.8 Å². The topological polar surface area (TPSA) is 86.4 Å². The second kappa shape index (κ2) is 67.1. The van der Waals surface area contributed by atoms with Crippen LogP contribution in [0.25, 0.3) is 0 Å². The van der Waals surface area contributed by atoms with Crippen molar-refractivity contribution in [3.8, 4) is 0 Å². The summed E-state index contributed by atoms with van der Waals surface area (Å²) in [5.74, 6) is 12.0. The van der Waals surface area contributed by atoms with Gasteiger partial charge in [0.1, 0.15) is 11.2 Å². The lowest BCUT2D eigenvalue weighted by Gasteiger charge is -2.29. The predicted molar refractivity (Wildman–Crippen MR) is 436 cm³/mol. The van der Waals surface area contributed by atoms with E-state index < -0.39 is 11.2 Å². The molecule has 0 spiro atoms. The van der Waals surface area contributed by atoms with Gasteiger partial charge in [-0.3, -0.25) is 4.90 Å². The molecule has 0 unspecified atom stereocenters. The van der Waals surface area contributed by atoms with Crippen molar-refractivity contribution in [1.29, 1.82) is 0 Å². The molecule has 0 atom stereocenters. The minimum Gasteiger partial charge on any atom is -0.444 e. The maximum atomic E-state index is 12.0. The van der Waals surface area contributed by atoms with Gasteiger partial charge in [-0.1, -0.05) is 316 Å². The molecule has 0 saturated carbocycles. The molecular formula is C87H183N5O4. The normalized spacial score (nSPS) is 11.7. The minimum absolute atomic E-state index is 0.188. The monoisotopic (exact) mass is 1360 g/mol. The van der Waals surface area contributed by atoms with Crippen molar-refractivity contribution >= 4 is 12.2 Å². The maximum Gasteiger partial charge on any atom is 0.410 e. The fourth-order valence-corrected chi connectivity index (χ4v) is 9.27. The molecule has 0 saturated heterocycles. The van der Waals surface area contributed by atoms with E-state index in [1.165, 1.54) is 95.8 Å². The molecule has 96 heavy (non-hydrogen) atoms. The molecule has 2 N–H and O–H groups in total. The number of carbonyl (C=O) groups is 2. The summed E-state index contributed by atoms with van der Waals surface area (Å²) in [6.45, 7) is 94.2. The van der Waals surface area contributed by atoms with Gasteiger partial charge in [0.05, 0.1) is 0 Å². The Morgan fingerprint density at radius 1 is 0.323 bits per heavy atom. The Bertz CT molecular complexity index is 1620. The number of unbranched alkanes of at least 4 members (excludes halogenated alkanes) is 2. The summed E-state index contributed by atoms with van der Waals surface area (Å²) in [7, 11) is 0. The molecule has 0 aliphatic heterocycles. The molecule has 0 aliphatic carbocycles. The molecule has 0 aliphatic rings. The highest BCUT2D eigenvalue weighted by molar-refractivity contribution is 5.68. The largest absolute Gasteiger partial charge is 0.444 e. The number of nitrogens with zero attached hydrogens (tertiary/aromatic N) is 3. The summed E-state index contributed by atoms with van der Waals surface area (Å²) in [5.41, 5.74) is 0.594. The van der Waals surface area contributed by atoms with Crippen molar-refractivity contribution in [3.63, 3.8) is 0 Å². The zero-order valence-corrected chi connectivity index (χ0v) is 72.9. The van der Waals surface area contributed by atoms with Crippen LogP contribution in [-0.2, 0) is 16.0 Å². The zero-order valence-electron chi connectivity index (χ0n) is 72.9. The molecule has 1 rings (SSSR count).